The molecule has 8 nitrogen and oxygen atoms in total. The number of hydrazone groups is 1. The maximum absolute atomic E-state index is 13.3. The van der Waals surface area contributed by atoms with Gasteiger partial charge in [-0.15, -0.1) is 0 Å². The van der Waals surface area contributed by atoms with Gasteiger partial charge in [0.05, 0.1) is 50.4 Å². The Morgan fingerprint density at radius 3 is 2.24 bits per heavy atom. The molecule has 0 spiro atoms. The van der Waals surface area contributed by atoms with Gasteiger partial charge in [-0.1, -0.05) is 30.3 Å². The minimum absolute atomic E-state index is 0.0148. The van der Waals surface area contributed by atoms with Crippen LogP contribution in [0.5, 0.6) is 23.0 Å². The third-order valence-corrected chi connectivity index (χ3v) is 5.57. The Labute approximate surface area is 215 Å². The fraction of sp³-hybridized carbons (Fsp3) is 0.207. The number of para-hydroxylation sites is 2. The molecule has 4 aromatic rings. The molecular weight excluding hydrogens is 470 g/mol. The summed E-state index contributed by atoms with van der Waals surface area (Å²) in [6.45, 7) is 3.91. The third kappa shape index (κ3) is 5.64. The summed E-state index contributed by atoms with van der Waals surface area (Å²) < 4.78 is 22.2. The number of rotatable bonds is 9. The molecule has 190 valence electrons. The predicted octanol–water partition coefficient (Wildman–Crippen LogP) is 5.48. The van der Waals surface area contributed by atoms with Crippen molar-refractivity contribution in [2.45, 2.75) is 20.0 Å². The van der Waals surface area contributed by atoms with E-state index in [4.69, 9.17) is 23.9 Å². The van der Waals surface area contributed by atoms with Gasteiger partial charge in [0.25, 0.3) is 5.91 Å². The van der Waals surface area contributed by atoms with Gasteiger partial charge in [-0.2, -0.15) is 5.10 Å². The van der Waals surface area contributed by atoms with E-state index < -0.39 is 0 Å². The Hall–Kier alpha value is -4.59. The number of hydrogen-bond acceptors (Lipinski definition) is 7. The van der Waals surface area contributed by atoms with Crippen LogP contribution in [0.1, 0.15) is 29.8 Å². The Bertz CT molecular complexity index is 1420. The summed E-state index contributed by atoms with van der Waals surface area (Å²) in [4.78, 5) is 18.1. The van der Waals surface area contributed by atoms with E-state index in [1.54, 1.807) is 45.7 Å². The van der Waals surface area contributed by atoms with Crippen LogP contribution < -0.4 is 24.4 Å². The highest BCUT2D eigenvalue weighted by Crippen LogP contribution is 2.41. The molecule has 1 heterocycles. The number of fused-ring (bicyclic) bond motifs is 1. The van der Waals surface area contributed by atoms with Gasteiger partial charge in [0.15, 0.2) is 11.5 Å². The summed E-state index contributed by atoms with van der Waals surface area (Å²) in [5.41, 5.74) is 5.77. The Morgan fingerprint density at radius 1 is 0.892 bits per heavy atom. The number of amides is 1. The second-order valence-corrected chi connectivity index (χ2v) is 8.39. The number of carbonyl (C=O) groups excluding carboxylic acids is 1. The smallest absolute Gasteiger partial charge is 0.272 e. The van der Waals surface area contributed by atoms with E-state index in [2.05, 4.69) is 10.5 Å². The molecule has 8 heteroatoms. The maximum atomic E-state index is 13.3. The molecule has 4 rings (SSSR count). The van der Waals surface area contributed by atoms with Crippen molar-refractivity contribution in [2.75, 3.05) is 21.3 Å². The zero-order valence-electron chi connectivity index (χ0n) is 21.4. The molecule has 0 bridgehead atoms. The molecule has 0 radical (unpaired) electrons. The number of carbonyl (C=O) groups is 1. The van der Waals surface area contributed by atoms with E-state index in [-0.39, 0.29) is 12.0 Å². The first-order valence-electron chi connectivity index (χ1n) is 11.7. The van der Waals surface area contributed by atoms with Crippen molar-refractivity contribution >= 4 is 23.0 Å². The van der Waals surface area contributed by atoms with Crippen LogP contribution in [-0.4, -0.2) is 44.5 Å². The average Bonchev–Trinajstić information content (AvgIpc) is 2.92. The Kier molecular flexibility index (Phi) is 7.88. The van der Waals surface area contributed by atoms with Crippen molar-refractivity contribution in [3.63, 3.8) is 0 Å². The number of pyridine rings is 1. The highest BCUT2D eigenvalue weighted by molar-refractivity contribution is 6.07. The van der Waals surface area contributed by atoms with Crippen LogP contribution in [-0.2, 0) is 0 Å². The fourth-order valence-electron chi connectivity index (χ4n) is 3.91. The molecule has 1 N–H and O–H groups in total. The molecule has 0 aliphatic carbocycles. The lowest BCUT2D eigenvalue weighted by Gasteiger charge is -2.15. The number of methoxy groups -OCH3 is 3. The number of nitrogens with one attached hydrogen (secondary N) is 1. The first-order chi connectivity index (χ1) is 17.9. The summed E-state index contributed by atoms with van der Waals surface area (Å²) in [6, 6.07) is 20.3. The largest absolute Gasteiger partial charge is 0.493 e. The molecule has 0 saturated carbocycles. The highest BCUT2D eigenvalue weighted by Gasteiger charge is 2.18. The molecular formula is C29H29N3O5. The van der Waals surface area contributed by atoms with Gasteiger partial charge < -0.3 is 18.9 Å². The quantitative estimate of drug-likeness (QED) is 0.242. The summed E-state index contributed by atoms with van der Waals surface area (Å²) >= 11 is 0. The zero-order chi connectivity index (χ0) is 26.4. The normalized spacial score (nSPS) is 11.1. The zero-order valence-corrected chi connectivity index (χ0v) is 21.4. The van der Waals surface area contributed by atoms with Crippen molar-refractivity contribution in [2.24, 2.45) is 5.10 Å². The summed E-state index contributed by atoms with van der Waals surface area (Å²) in [5.74, 6) is 1.78. The average molecular weight is 500 g/mol. The van der Waals surface area contributed by atoms with Crippen molar-refractivity contribution in [1.29, 1.82) is 0 Å². The van der Waals surface area contributed by atoms with Gasteiger partial charge in [-0.3, -0.25) is 4.79 Å². The maximum Gasteiger partial charge on any atom is 0.272 e. The number of ether oxygens (including phenoxy) is 4. The van der Waals surface area contributed by atoms with Gasteiger partial charge in [-0.25, -0.2) is 10.4 Å². The number of aromatic nitrogens is 1. The van der Waals surface area contributed by atoms with Crippen molar-refractivity contribution < 1.29 is 23.7 Å². The van der Waals surface area contributed by atoms with Crippen molar-refractivity contribution in [3.05, 3.63) is 77.9 Å². The Morgan fingerprint density at radius 2 is 1.57 bits per heavy atom. The third-order valence-electron chi connectivity index (χ3n) is 5.57. The molecule has 1 aromatic heterocycles. The minimum atomic E-state index is -0.370. The van der Waals surface area contributed by atoms with E-state index >= 15 is 0 Å². The summed E-state index contributed by atoms with van der Waals surface area (Å²) in [5, 5.41) is 4.89. The molecule has 3 aromatic carbocycles. The lowest BCUT2D eigenvalue weighted by Crippen LogP contribution is -2.18. The van der Waals surface area contributed by atoms with Crippen LogP contribution in [0.4, 0.5) is 0 Å². The first-order valence-corrected chi connectivity index (χ1v) is 11.7. The van der Waals surface area contributed by atoms with Crippen molar-refractivity contribution in [1.82, 2.24) is 10.4 Å². The van der Waals surface area contributed by atoms with E-state index in [1.807, 2.05) is 62.4 Å². The standard InChI is InChI=1S/C29H29N3O5/c1-18(2)37-25-13-9-6-10-19(25)17-30-32-29(33)22-16-24(31-23-12-8-7-11-21(22)23)20-14-26(34-3)28(36-5)27(15-20)35-4/h6-18H,1-5H3,(H,32,33)/b30-17+. The molecule has 0 aliphatic heterocycles. The monoisotopic (exact) mass is 499 g/mol. The lowest BCUT2D eigenvalue weighted by molar-refractivity contribution is 0.0956. The second-order valence-electron chi connectivity index (χ2n) is 8.39. The molecule has 0 aliphatic rings. The second kappa shape index (κ2) is 11.4. The topological polar surface area (TPSA) is 91.3 Å². The SMILES string of the molecule is COc1cc(-c2cc(C(=O)N/N=C/c3ccccc3OC(C)C)c3ccccc3n2)cc(OC)c1OC. The molecule has 37 heavy (non-hydrogen) atoms. The molecule has 1 amide bonds. The van der Waals surface area contributed by atoms with Gasteiger partial charge in [0.2, 0.25) is 5.75 Å². The molecule has 0 unspecified atom stereocenters. The van der Waals surface area contributed by atoms with Crippen LogP contribution in [0.3, 0.4) is 0 Å². The van der Waals surface area contributed by atoms with E-state index in [9.17, 15) is 4.79 Å². The first kappa shape index (κ1) is 25.5. The molecule has 0 saturated heterocycles. The number of nitrogens with zero attached hydrogens (tertiary/aromatic N) is 2. The lowest BCUT2D eigenvalue weighted by atomic mass is 10.0. The molecule has 0 fully saturated rings. The van der Waals surface area contributed by atoms with Crippen LogP contribution >= 0.6 is 0 Å². The van der Waals surface area contributed by atoms with Crippen LogP contribution in [0.2, 0.25) is 0 Å². The fourth-order valence-corrected chi connectivity index (χ4v) is 3.91. The van der Waals surface area contributed by atoms with E-state index in [1.165, 1.54) is 0 Å². The number of hydrogen-bond donors (Lipinski definition) is 1. The van der Waals surface area contributed by atoms with Crippen LogP contribution in [0, 0.1) is 0 Å². The van der Waals surface area contributed by atoms with Gasteiger partial charge in [0, 0.05) is 16.5 Å². The Balaban J connectivity index is 1.71. The van der Waals surface area contributed by atoms with Crippen LogP contribution in [0.25, 0.3) is 22.2 Å². The van der Waals surface area contributed by atoms with Crippen LogP contribution in [0.15, 0.2) is 71.8 Å². The molecule has 0 atom stereocenters. The van der Waals surface area contributed by atoms with Gasteiger partial charge in [0.1, 0.15) is 5.75 Å². The minimum Gasteiger partial charge on any atom is -0.493 e. The van der Waals surface area contributed by atoms with Crippen molar-refractivity contribution in [3.8, 4) is 34.3 Å². The highest BCUT2D eigenvalue weighted by atomic mass is 16.5. The van der Waals surface area contributed by atoms with Gasteiger partial charge in [-0.05, 0) is 50.2 Å². The van der Waals surface area contributed by atoms with E-state index in [0.717, 1.165) is 5.56 Å². The number of benzene rings is 3. The summed E-state index contributed by atoms with van der Waals surface area (Å²) in [6.07, 6.45) is 1.58. The van der Waals surface area contributed by atoms with E-state index in [0.29, 0.717) is 50.7 Å². The predicted molar refractivity (Wildman–Crippen MR) is 144 cm³/mol. The van der Waals surface area contributed by atoms with Gasteiger partial charge >= 0.3 is 0 Å². The summed E-state index contributed by atoms with van der Waals surface area (Å²) in [7, 11) is 4.65.